The van der Waals surface area contributed by atoms with Crippen molar-refractivity contribution in [2.45, 2.75) is 33.7 Å². The minimum Gasteiger partial charge on any atom is -0.357 e. The molecule has 0 radical (unpaired) electrons. The first-order valence-corrected chi connectivity index (χ1v) is 7.91. The molecular formula is C14H21N5OS. The van der Waals surface area contributed by atoms with E-state index >= 15 is 0 Å². The van der Waals surface area contributed by atoms with Crippen LogP contribution in [0.5, 0.6) is 0 Å². The normalized spacial score (nSPS) is 11.7. The van der Waals surface area contributed by atoms with E-state index in [-0.39, 0.29) is 0 Å². The van der Waals surface area contributed by atoms with Crippen LogP contribution in [-0.4, -0.2) is 29.2 Å². The fraction of sp³-hybridized carbons (Fsp3) is 0.500. The van der Waals surface area contributed by atoms with Gasteiger partial charge in [-0.1, -0.05) is 5.16 Å². The van der Waals surface area contributed by atoms with Gasteiger partial charge in [-0.25, -0.2) is 4.99 Å². The van der Waals surface area contributed by atoms with Gasteiger partial charge in [-0.3, -0.25) is 0 Å². The number of thiophene rings is 1. The Balaban J connectivity index is 1.85. The minimum absolute atomic E-state index is 0.643. The van der Waals surface area contributed by atoms with Gasteiger partial charge in [0.1, 0.15) is 0 Å². The number of guanidine groups is 1. The molecule has 0 aliphatic carbocycles. The van der Waals surface area contributed by atoms with Crippen molar-refractivity contribution < 1.29 is 4.52 Å². The lowest BCUT2D eigenvalue weighted by molar-refractivity contribution is 0.374. The van der Waals surface area contributed by atoms with Crippen LogP contribution >= 0.6 is 11.3 Å². The molecular weight excluding hydrogens is 286 g/mol. The van der Waals surface area contributed by atoms with Gasteiger partial charge in [0.15, 0.2) is 11.8 Å². The molecule has 0 fully saturated rings. The third-order valence-electron chi connectivity index (χ3n) is 2.89. The van der Waals surface area contributed by atoms with E-state index in [0.29, 0.717) is 31.2 Å². The second-order valence-electron chi connectivity index (χ2n) is 4.63. The highest BCUT2D eigenvalue weighted by molar-refractivity contribution is 7.10. The Bertz CT molecular complexity index is 590. The number of aryl methyl sites for hydroxylation is 2. The molecule has 0 unspecified atom stereocenters. The number of rotatable bonds is 6. The summed E-state index contributed by atoms with van der Waals surface area (Å²) in [5.74, 6) is 2.12. The molecule has 6 nitrogen and oxygen atoms in total. The smallest absolute Gasteiger partial charge is 0.228 e. The third-order valence-corrected chi connectivity index (χ3v) is 3.90. The van der Waals surface area contributed by atoms with Gasteiger partial charge in [0.2, 0.25) is 5.89 Å². The fourth-order valence-corrected chi connectivity index (χ4v) is 2.62. The van der Waals surface area contributed by atoms with Gasteiger partial charge in [0, 0.05) is 24.4 Å². The zero-order valence-electron chi connectivity index (χ0n) is 12.6. The van der Waals surface area contributed by atoms with Gasteiger partial charge in [-0.05, 0) is 37.8 Å². The summed E-state index contributed by atoms with van der Waals surface area (Å²) in [5.41, 5.74) is 1.29. The van der Waals surface area contributed by atoms with E-state index in [9.17, 15) is 0 Å². The van der Waals surface area contributed by atoms with Crippen LogP contribution in [0.3, 0.4) is 0 Å². The summed E-state index contributed by atoms with van der Waals surface area (Å²) in [6.45, 7) is 8.20. The molecule has 114 valence electrons. The van der Waals surface area contributed by atoms with Crippen LogP contribution in [0.4, 0.5) is 0 Å². The number of aliphatic imine (C=N–C) groups is 1. The summed E-state index contributed by atoms with van der Waals surface area (Å²) in [4.78, 5) is 10.1. The summed E-state index contributed by atoms with van der Waals surface area (Å²) in [5, 5.41) is 12.4. The lowest BCUT2D eigenvalue weighted by atomic mass is 10.3. The Kier molecular flexibility index (Phi) is 5.74. The molecule has 2 heterocycles. The molecule has 0 aliphatic heterocycles. The summed E-state index contributed by atoms with van der Waals surface area (Å²) in [6, 6.07) is 2.12. The monoisotopic (exact) mass is 307 g/mol. The maximum atomic E-state index is 5.08. The molecule has 7 heteroatoms. The van der Waals surface area contributed by atoms with E-state index in [0.717, 1.165) is 12.5 Å². The van der Waals surface area contributed by atoms with Crippen molar-refractivity contribution in [3.63, 3.8) is 0 Å². The van der Waals surface area contributed by atoms with Gasteiger partial charge >= 0.3 is 0 Å². The third kappa shape index (κ3) is 4.86. The molecule has 2 rings (SSSR count). The van der Waals surface area contributed by atoms with Gasteiger partial charge < -0.3 is 15.2 Å². The van der Waals surface area contributed by atoms with E-state index in [1.807, 2.05) is 6.92 Å². The first-order chi connectivity index (χ1) is 10.2. The van der Waals surface area contributed by atoms with Gasteiger partial charge in [0.05, 0.1) is 6.54 Å². The molecule has 0 aromatic carbocycles. The SMILES string of the molecule is CCNC(=NCc1sccc1C)NCCc1nc(C)no1. The highest BCUT2D eigenvalue weighted by Gasteiger charge is 2.04. The first kappa shape index (κ1) is 15.5. The molecule has 0 amide bonds. The van der Waals surface area contributed by atoms with E-state index < -0.39 is 0 Å². The lowest BCUT2D eigenvalue weighted by Gasteiger charge is -2.10. The molecule has 0 saturated carbocycles. The number of hydrogen-bond acceptors (Lipinski definition) is 5. The van der Waals surface area contributed by atoms with Crippen molar-refractivity contribution in [3.05, 3.63) is 33.6 Å². The molecule has 0 atom stereocenters. The highest BCUT2D eigenvalue weighted by atomic mass is 32.1. The molecule has 2 aromatic rings. The van der Waals surface area contributed by atoms with Crippen molar-refractivity contribution in [2.75, 3.05) is 13.1 Å². The second-order valence-corrected chi connectivity index (χ2v) is 5.63. The summed E-state index contributed by atoms with van der Waals surface area (Å²) in [6.07, 6.45) is 0.684. The van der Waals surface area contributed by atoms with Crippen LogP contribution < -0.4 is 10.6 Å². The van der Waals surface area contributed by atoms with Gasteiger partial charge in [-0.2, -0.15) is 4.98 Å². The average Bonchev–Trinajstić information content (AvgIpc) is 3.05. The van der Waals surface area contributed by atoms with Gasteiger partial charge in [0.25, 0.3) is 0 Å². The largest absolute Gasteiger partial charge is 0.357 e. The van der Waals surface area contributed by atoms with E-state index in [1.54, 1.807) is 11.3 Å². The van der Waals surface area contributed by atoms with Crippen LogP contribution in [0.1, 0.15) is 29.1 Å². The standard InChI is InChI=1S/C14H21N5OS/c1-4-15-14(17-9-12-10(2)6-8-21-12)16-7-5-13-18-11(3)19-20-13/h6,8H,4-5,7,9H2,1-3H3,(H2,15,16,17). The predicted octanol–water partition coefficient (Wildman–Crippen LogP) is 2.05. The van der Waals surface area contributed by atoms with Crippen LogP contribution in [0.2, 0.25) is 0 Å². The molecule has 2 N–H and O–H groups in total. The average molecular weight is 307 g/mol. The Morgan fingerprint density at radius 2 is 2.24 bits per heavy atom. The minimum atomic E-state index is 0.643. The Morgan fingerprint density at radius 3 is 2.86 bits per heavy atom. The highest BCUT2D eigenvalue weighted by Crippen LogP contribution is 2.16. The molecule has 0 spiro atoms. The zero-order valence-corrected chi connectivity index (χ0v) is 13.5. The number of aromatic nitrogens is 2. The Labute approximate surface area is 128 Å². The van der Waals surface area contributed by atoms with Crippen molar-refractivity contribution in [3.8, 4) is 0 Å². The van der Waals surface area contributed by atoms with Crippen LogP contribution in [0.25, 0.3) is 0 Å². The topological polar surface area (TPSA) is 75.3 Å². The maximum Gasteiger partial charge on any atom is 0.228 e. The number of nitrogens with one attached hydrogen (secondary N) is 2. The van der Waals surface area contributed by atoms with Crippen LogP contribution in [-0.2, 0) is 13.0 Å². The van der Waals surface area contributed by atoms with E-state index in [2.05, 4.69) is 51.1 Å². The lowest BCUT2D eigenvalue weighted by Crippen LogP contribution is -2.38. The number of nitrogens with zero attached hydrogens (tertiary/aromatic N) is 3. The summed E-state index contributed by atoms with van der Waals surface area (Å²) < 4.78 is 5.08. The number of hydrogen-bond donors (Lipinski definition) is 2. The van der Waals surface area contributed by atoms with Crippen molar-refractivity contribution in [2.24, 2.45) is 4.99 Å². The quantitative estimate of drug-likeness (QED) is 0.631. The van der Waals surface area contributed by atoms with Crippen LogP contribution in [0, 0.1) is 13.8 Å². The summed E-state index contributed by atoms with van der Waals surface area (Å²) in [7, 11) is 0. The fourth-order valence-electron chi connectivity index (χ4n) is 1.79. The first-order valence-electron chi connectivity index (χ1n) is 7.03. The maximum absolute atomic E-state index is 5.08. The molecule has 0 aliphatic rings. The van der Waals surface area contributed by atoms with Crippen molar-refractivity contribution in [1.29, 1.82) is 0 Å². The molecule has 21 heavy (non-hydrogen) atoms. The van der Waals surface area contributed by atoms with E-state index in [1.165, 1.54) is 10.4 Å². The summed E-state index contributed by atoms with van der Waals surface area (Å²) >= 11 is 1.74. The second kappa shape index (κ2) is 7.78. The Morgan fingerprint density at radius 1 is 1.38 bits per heavy atom. The Hall–Kier alpha value is -1.89. The van der Waals surface area contributed by atoms with Gasteiger partial charge in [-0.15, -0.1) is 11.3 Å². The molecule has 2 aromatic heterocycles. The molecule has 0 saturated heterocycles. The molecule has 0 bridgehead atoms. The zero-order chi connectivity index (χ0) is 15.1. The van der Waals surface area contributed by atoms with Crippen molar-refractivity contribution >= 4 is 17.3 Å². The van der Waals surface area contributed by atoms with E-state index in [4.69, 9.17) is 4.52 Å². The predicted molar refractivity (Wildman–Crippen MR) is 84.6 cm³/mol. The van der Waals surface area contributed by atoms with Crippen LogP contribution in [0.15, 0.2) is 21.0 Å². The van der Waals surface area contributed by atoms with Crippen molar-refractivity contribution in [1.82, 2.24) is 20.8 Å².